The van der Waals surface area contributed by atoms with Crippen molar-refractivity contribution in [2.24, 2.45) is 0 Å². The number of Topliss-reactive ketones (excluding diaryl/α,β-unsaturated/α-hetero) is 2. The van der Waals surface area contributed by atoms with E-state index >= 15 is 0 Å². The molecule has 4 nitrogen and oxygen atoms in total. The molecule has 0 heterocycles. The number of carbonyl (C=O) groups is 2. The van der Waals surface area contributed by atoms with Crippen LogP contribution in [-0.2, 0) is 0 Å². The van der Waals surface area contributed by atoms with E-state index in [0.29, 0.717) is 5.56 Å². The van der Waals surface area contributed by atoms with Crippen LogP contribution in [-0.4, -0.2) is 23.8 Å². The van der Waals surface area contributed by atoms with Gasteiger partial charge in [-0.05, 0) is 32.4 Å². The van der Waals surface area contributed by atoms with Gasteiger partial charge in [0.05, 0.1) is 12.7 Å². The predicted octanol–water partition coefficient (Wildman–Crippen LogP) is 2.11. The fourth-order valence-corrected chi connectivity index (χ4v) is 1.72. The molecule has 0 aromatic heterocycles. The summed E-state index contributed by atoms with van der Waals surface area (Å²) in [5, 5.41) is 9.90. The Hall–Kier alpha value is -1.84. The summed E-state index contributed by atoms with van der Waals surface area (Å²) in [6, 6.07) is 1.58. The maximum absolute atomic E-state index is 11.4. The Balaban J connectivity index is 3.65. The van der Waals surface area contributed by atoms with Crippen LogP contribution in [0.1, 0.15) is 40.1 Å². The van der Waals surface area contributed by atoms with Gasteiger partial charge in [0, 0.05) is 0 Å². The molecule has 0 fully saturated rings. The number of aromatic hydroxyl groups is 1. The maximum atomic E-state index is 11.4. The molecule has 1 aromatic carbocycles. The van der Waals surface area contributed by atoms with Gasteiger partial charge in [-0.2, -0.15) is 0 Å². The molecule has 0 spiro atoms. The van der Waals surface area contributed by atoms with Gasteiger partial charge < -0.3 is 9.84 Å². The number of aryl methyl sites for hydroxylation is 1. The highest BCUT2D eigenvalue weighted by Gasteiger charge is 2.21. The number of ether oxygens (including phenoxy) is 1. The molecule has 0 unspecified atom stereocenters. The highest BCUT2D eigenvalue weighted by atomic mass is 16.5. The summed E-state index contributed by atoms with van der Waals surface area (Å²) in [6.45, 7) is 4.35. The van der Waals surface area contributed by atoms with E-state index in [0.717, 1.165) is 0 Å². The first kappa shape index (κ1) is 12.2. The zero-order chi connectivity index (χ0) is 12.5. The minimum atomic E-state index is -0.336. The SMILES string of the molecule is COc1cc(C)c(C(C)=O)c(O)c1C(C)=O. The number of methoxy groups -OCH3 is 1. The van der Waals surface area contributed by atoms with Crippen molar-refractivity contribution in [1.82, 2.24) is 0 Å². The first-order valence-corrected chi connectivity index (χ1v) is 4.82. The smallest absolute Gasteiger partial charge is 0.167 e. The normalized spacial score (nSPS) is 10.0. The molecule has 0 aliphatic rings. The second-order valence-corrected chi connectivity index (χ2v) is 3.61. The van der Waals surface area contributed by atoms with Gasteiger partial charge in [0.15, 0.2) is 11.6 Å². The third kappa shape index (κ3) is 1.91. The van der Waals surface area contributed by atoms with Crippen LogP contribution in [0.15, 0.2) is 6.07 Å². The lowest BCUT2D eigenvalue weighted by atomic mass is 9.97. The monoisotopic (exact) mass is 222 g/mol. The maximum Gasteiger partial charge on any atom is 0.167 e. The fourth-order valence-electron chi connectivity index (χ4n) is 1.72. The van der Waals surface area contributed by atoms with Gasteiger partial charge >= 0.3 is 0 Å². The standard InChI is InChI=1S/C12H14O4/c1-6-5-9(16-4)11(8(3)14)12(15)10(6)7(2)13/h5,15H,1-4H3. The number of ketones is 2. The molecule has 0 aliphatic heterocycles. The minimum absolute atomic E-state index is 0.0540. The number of hydrogen-bond acceptors (Lipinski definition) is 4. The van der Waals surface area contributed by atoms with E-state index in [1.54, 1.807) is 13.0 Å². The Morgan fingerprint density at radius 3 is 2.06 bits per heavy atom. The molecule has 0 saturated carbocycles. The lowest BCUT2D eigenvalue weighted by Gasteiger charge is -2.13. The summed E-state index contributed by atoms with van der Waals surface area (Å²) in [4.78, 5) is 22.7. The van der Waals surface area contributed by atoms with Gasteiger partial charge in [-0.3, -0.25) is 9.59 Å². The molecule has 0 radical (unpaired) electrons. The van der Waals surface area contributed by atoms with Crippen molar-refractivity contribution in [3.63, 3.8) is 0 Å². The highest BCUT2D eigenvalue weighted by Crippen LogP contribution is 2.34. The molecule has 1 N–H and O–H groups in total. The lowest BCUT2D eigenvalue weighted by molar-refractivity contribution is 0.101. The van der Waals surface area contributed by atoms with Crippen LogP contribution in [0.3, 0.4) is 0 Å². The number of phenolic OH excluding ortho intramolecular Hbond substituents is 1. The number of hydrogen-bond donors (Lipinski definition) is 1. The highest BCUT2D eigenvalue weighted by molar-refractivity contribution is 6.06. The van der Waals surface area contributed by atoms with E-state index in [2.05, 4.69) is 0 Å². The molecule has 1 rings (SSSR count). The van der Waals surface area contributed by atoms with Crippen molar-refractivity contribution >= 4 is 11.6 Å². The van der Waals surface area contributed by atoms with Crippen LogP contribution in [0.5, 0.6) is 11.5 Å². The van der Waals surface area contributed by atoms with Gasteiger partial charge in [-0.15, -0.1) is 0 Å². The quantitative estimate of drug-likeness (QED) is 0.795. The van der Waals surface area contributed by atoms with Crippen molar-refractivity contribution < 1.29 is 19.4 Å². The Morgan fingerprint density at radius 2 is 1.69 bits per heavy atom. The van der Waals surface area contributed by atoms with Gasteiger partial charge in [-0.25, -0.2) is 0 Å². The first-order chi connectivity index (χ1) is 7.40. The van der Waals surface area contributed by atoms with Gasteiger partial charge in [0.2, 0.25) is 0 Å². The van der Waals surface area contributed by atoms with E-state index in [-0.39, 0.29) is 34.2 Å². The summed E-state index contributed by atoms with van der Waals surface area (Å²) >= 11 is 0. The van der Waals surface area contributed by atoms with E-state index in [4.69, 9.17) is 4.74 Å². The van der Waals surface area contributed by atoms with Crippen molar-refractivity contribution in [1.29, 1.82) is 0 Å². The number of benzene rings is 1. The van der Waals surface area contributed by atoms with E-state index in [9.17, 15) is 14.7 Å². The molecule has 0 atom stereocenters. The van der Waals surface area contributed by atoms with Crippen LogP contribution in [0, 0.1) is 6.92 Å². The molecule has 0 aliphatic carbocycles. The van der Waals surface area contributed by atoms with E-state index in [1.165, 1.54) is 21.0 Å². The Kier molecular flexibility index (Phi) is 3.32. The fraction of sp³-hybridized carbons (Fsp3) is 0.333. The lowest BCUT2D eigenvalue weighted by Crippen LogP contribution is -2.05. The average molecular weight is 222 g/mol. The van der Waals surface area contributed by atoms with Crippen LogP contribution >= 0.6 is 0 Å². The van der Waals surface area contributed by atoms with Crippen molar-refractivity contribution in [3.8, 4) is 11.5 Å². The Bertz CT molecular complexity index is 461. The third-order valence-electron chi connectivity index (χ3n) is 2.39. The summed E-state index contributed by atoms with van der Waals surface area (Å²) in [7, 11) is 1.41. The second-order valence-electron chi connectivity index (χ2n) is 3.61. The Labute approximate surface area is 93.9 Å². The van der Waals surface area contributed by atoms with E-state index < -0.39 is 0 Å². The topological polar surface area (TPSA) is 63.6 Å². The van der Waals surface area contributed by atoms with Crippen LogP contribution < -0.4 is 4.74 Å². The van der Waals surface area contributed by atoms with Crippen molar-refractivity contribution in [2.45, 2.75) is 20.8 Å². The molecular formula is C12H14O4. The molecule has 16 heavy (non-hydrogen) atoms. The molecule has 86 valence electrons. The summed E-state index contributed by atoms with van der Waals surface area (Å²) in [5.41, 5.74) is 0.816. The summed E-state index contributed by atoms with van der Waals surface area (Å²) in [6.07, 6.45) is 0. The van der Waals surface area contributed by atoms with Crippen LogP contribution in [0.4, 0.5) is 0 Å². The molecule has 0 amide bonds. The molecule has 1 aromatic rings. The largest absolute Gasteiger partial charge is 0.506 e. The average Bonchev–Trinajstić information content (AvgIpc) is 2.14. The number of phenols is 1. The zero-order valence-corrected chi connectivity index (χ0v) is 9.75. The third-order valence-corrected chi connectivity index (χ3v) is 2.39. The van der Waals surface area contributed by atoms with Crippen molar-refractivity contribution in [3.05, 3.63) is 22.8 Å². The predicted molar refractivity (Wildman–Crippen MR) is 59.4 cm³/mol. The zero-order valence-electron chi connectivity index (χ0n) is 9.75. The van der Waals surface area contributed by atoms with Gasteiger partial charge in [0.25, 0.3) is 0 Å². The first-order valence-electron chi connectivity index (χ1n) is 4.82. The van der Waals surface area contributed by atoms with Crippen LogP contribution in [0.25, 0.3) is 0 Å². The molecule has 4 heteroatoms. The number of rotatable bonds is 3. The summed E-state index contributed by atoms with van der Waals surface area (Å²) in [5.74, 6) is -0.624. The van der Waals surface area contributed by atoms with Crippen molar-refractivity contribution in [2.75, 3.05) is 7.11 Å². The second kappa shape index (κ2) is 4.35. The van der Waals surface area contributed by atoms with Gasteiger partial charge in [0.1, 0.15) is 17.1 Å². The molecule has 0 bridgehead atoms. The van der Waals surface area contributed by atoms with Crippen LogP contribution in [0.2, 0.25) is 0 Å². The van der Waals surface area contributed by atoms with Gasteiger partial charge in [-0.1, -0.05) is 0 Å². The molecule has 0 saturated heterocycles. The Morgan fingerprint density at radius 1 is 1.19 bits per heavy atom. The summed E-state index contributed by atoms with van der Waals surface area (Å²) < 4.78 is 5.01. The number of carbonyl (C=O) groups excluding carboxylic acids is 2. The van der Waals surface area contributed by atoms with E-state index in [1.807, 2.05) is 0 Å². The minimum Gasteiger partial charge on any atom is -0.506 e. The molecular weight excluding hydrogens is 208 g/mol.